The molecule has 0 aliphatic heterocycles. The number of carbonyl (C=O) groups excluding carboxylic acids is 2. The molecule has 0 atom stereocenters. The fourth-order valence-corrected chi connectivity index (χ4v) is 0.328. The van der Waals surface area contributed by atoms with Crippen LogP contribution in [-0.2, 0) is 14.3 Å². The molecule has 0 aromatic rings. The van der Waals surface area contributed by atoms with Crippen LogP contribution in [-0.4, -0.2) is 24.3 Å². The number of halogens is 4. The number of esters is 2. The second kappa shape index (κ2) is 4.21. The Morgan fingerprint density at radius 1 is 1.36 bits per heavy atom. The molecule has 0 rings (SSSR count). The number of hydrogen-bond donors (Lipinski definition) is 0. The van der Waals surface area contributed by atoms with Gasteiger partial charge in [0.2, 0.25) is 0 Å². The van der Waals surface area contributed by atoms with Gasteiger partial charge in [-0.05, 0) is 6.92 Å². The Morgan fingerprint density at radius 2 is 1.79 bits per heavy atom. The summed E-state index contributed by atoms with van der Waals surface area (Å²) in [4.78, 5) is 20.8. The number of alkyl halides is 4. The van der Waals surface area contributed by atoms with Gasteiger partial charge in [0.05, 0.1) is 0 Å². The van der Waals surface area contributed by atoms with Crippen molar-refractivity contribution in [2.75, 3.05) is 0 Å². The normalized spacial score (nSPS) is 11.3. The van der Waals surface area contributed by atoms with Crippen LogP contribution in [0, 0.1) is 0 Å². The number of rotatable bonds is 3. The molecule has 0 amide bonds. The van der Waals surface area contributed by atoms with E-state index in [1.807, 2.05) is 0 Å². The quantitative estimate of drug-likeness (QED) is 0.309. The summed E-state index contributed by atoms with van der Waals surface area (Å²) in [5.74, 6) is -9.03. The van der Waals surface area contributed by atoms with Crippen molar-refractivity contribution in [1.29, 1.82) is 0 Å². The number of carbonyl (C=O) groups is 2. The van der Waals surface area contributed by atoms with Crippen molar-refractivity contribution in [2.24, 2.45) is 0 Å². The summed E-state index contributed by atoms with van der Waals surface area (Å²) < 4.78 is 50.8. The van der Waals surface area contributed by atoms with E-state index in [9.17, 15) is 27.2 Å². The Kier molecular flexibility index (Phi) is 3.79. The van der Waals surface area contributed by atoms with Crippen molar-refractivity contribution >= 4 is 11.9 Å². The highest BCUT2D eigenvalue weighted by atomic mass is 19.3. The molecule has 0 saturated heterocycles. The van der Waals surface area contributed by atoms with Crippen molar-refractivity contribution in [3.8, 4) is 0 Å². The molecule has 0 aromatic carbocycles. The van der Waals surface area contributed by atoms with Crippen molar-refractivity contribution in [1.82, 2.24) is 0 Å². The van der Waals surface area contributed by atoms with Crippen LogP contribution in [0.4, 0.5) is 17.6 Å². The van der Waals surface area contributed by atoms with Crippen molar-refractivity contribution in [2.45, 2.75) is 19.3 Å². The Balaban J connectivity index is 4.51. The Bertz CT molecular complexity index is 272. The monoisotopic (exact) mass is 214 g/mol. The third kappa shape index (κ3) is 2.82. The van der Waals surface area contributed by atoms with E-state index in [0.717, 1.165) is 6.92 Å². The van der Waals surface area contributed by atoms with Gasteiger partial charge in [0.15, 0.2) is 0 Å². The van der Waals surface area contributed by atoms with E-state index in [4.69, 9.17) is 0 Å². The third-order valence-electron chi connectivity index (χ3n) is 1.08. The Labute approximate surface area is 76.3 Å². The number of hydrogen-bond acceptors (Lipinski definition) is 3. The zero-order chi connectivity index (χ0) is 11.5. The van der Waals surface area contributed by atoms with Crippen molar-refractivity contribution in [3.05, 3.63) is 12.2 Å². The molecule has 7 heteroatoms. The maximum Gasteiger partial charge on any atom is 0.402 e. The summed E-state index contributed by atoms with van der Waals surface area (Å²) in [6, 6.07) is 0. The second-order valence-electron chi connectivity index (χ2n) is 2.38. The molecule has 0 saturated carbocycles. The van der Waals surface area contributed by atoms with E-state index in [0.29, 0.717) is 0 Å². The topological polar surface area (TPSA) is 43.4 Å². The summed E-state index contributed by atoms with van der Waals surface area (Å²) >= 11 is 0. The highest BCUT2D eigenvalue weighted by Crippen LogP contribution is 2.24. The lowest BCUT2D eigenvalue weighted by atomic mass is 10.3. The van der Waals surface area contributed by atoms with E-state index in [1.54, 1.807) is 0 Å². The van der Waals surface area contributed by atoms with Crippen molar-refractivity contribution < 1.29 is 31.9 Å². The molecule has 0 aliphatic rings. The maximum absolute atomic E-state index is 12.2. The molecule has 80 valence electrons. The molecule has 0 fully saturated rings. The summed E-state index contributed by atoms with van der Waals surface area (Å²) in [6.45, 7) is 4.06. The van der Waals surface area contributed by atoms with Gasteiger partial charge in [-0.25, -0.2) is 18.4 Å². The van der Waals surface area contributed by atoms with Gasteiger partial charge in [0, 0.05) is 5.57 Å². The molecule has 0 bridgehead atoms. The van der Waals surface area contributed by atoms with Gasteiger partial charge in [0.25, 0.3) is 0 Å². The summed E-state index contributed by atoms with van der Waals surface area (Å²) in [5.41, 5.74) is -0.344. The minimum Gasteiger partial charge on any atom is -0.385 e. The van der Waals surface area contributed by atoms with Gasteiger partial charge in [-0.15, -0.1) is 0 Å². The van der Waals surface area contributed by atoms with E-state index < -0.39 is 24.3 Å². The highest BCUT2D eigenvalue weighted by Gasteiger charge is 2.51. The van der Waals surface area contributed by atoms with Gasteiger partial charge in [0.1, 0.15) is 0 Å². The largest absolute Gasteiger partial charge is 0.402 e. The van der Waals surface area contributed by atoms with Crippen LogP contribution in [0.1, 0.15) is 6.92 Å². The molecule has 3 nitrogen and oxygen atoms in total. The van der Waals surface area contributed by atoms with Crippen LogP contribution < -0.4 is 0 Å². The first-order chi connectivity index (χ1) is 6.19. The molecular weight excluding hydrogens is 208 g/mol. The predicted molar refractivity (Wildman–Crippen MR) is 36.9 cm³/mol. The second-order valence-corrected chi connectivity index (χ2v) is 2.38. The zero-order valence-corrected chi connectivity index (χ0v) is 7.02. The highest BCUT2D eigenvalue weighted by molar-refractivity contribution is 5.97. The summed E-state index contributed by atoms with van der Waals surface area (Å²) in [5, 5.41) is 0. The average molecular weight is 214 g/mol. The molecular formula is C7H6F4O3. The lowest BCUT2D eigenvalue weighted by molar-refractivity contribution is -0.195. The summed E-state index contributed by atoms with van der Waals surface area (Å²) in [7, 11) is 0. The van der Waals surface area contributed by atoms with Gasteiger partial charge in [-0.3, -0.25) is 0 Å². The molecule has 0 spiro atoms. The minimum absolute atomic E-state index is 0.344. The molecule has 14 heavy (non-hydrogen) atoms. The summed E-state index contributed by atoms with van der Waals surface area (Å²) in [6.07, 6.45) is -4.21. The zero-order valence-electron chi connectivity index (χ0n) is 7.02. The minimum atomic E-state index is -4.98. The third-order valence-corrected chi connectivity index (χ3v) is 1.08. The van der Waals surface area contributed by atoms with Gasteiger partial charge in [-0.1, -0.05) is 6.58 Å². The maximum atomic E-state index is 12.2. The lowest BCUT2D eigenvalue weighted by Crippen LogP contribution is -2.39. The SMILES string of the molecule is C=C(C)C(=O)OC(=O)C(F)(F)C(F)F. The van der Waals surface area contributed by atoms with Crippen LogP contribution in [0.15, 0.2) is 12.2 Å². The predicted octanol–water partition coefficient (Wildman–Crippen LogP) is 1.53. The standard InChI is InChI=1S/C7H6F4O3/c1-3(2)4(12)14-6(13)7(10,11)5(8)9/h5H,1H2,2H3. The van der Waals surface area contributed by atoms with Crippen LogP contribution in [0.5, 0.6) is 0 Å². The molecule has 0 N–H and O–H groups in total. The van der Waals surface area contributed by atoms with E-state index in [-0.39, 0.29) is 5.57 Å². The van der Waals surface area contributed by atoms with Gasteiger partial charge in [-0.2, -0.15) is 8.78 Å². The van der Waals surface area contributed by atoms with Crippen LogP contribution in [0.25, 0.3) is 0 Å². The van der Waals surface area contributed by atoms with E-state index >= 15 is 0 Å². The molecule has 0 radical (unpaired) electrons. The molecule has 0 aromatic heterocycles. The average Bonchev–Trinajstić information content (AvgIpc) is 2.03. The van der Waals surface area contributed by atoms with E-state index in [2.05, 4.69) is 11.3 Å². The van der Waals surface area contributed by atoms with Gasteiger partial charge < -0.3 is 4.74 Å². The van der Waals surface area contributed by atoms with Crippen LogP contribution >= 0.6 is 0 Å². The first-order valence-corrected chi connectivity index (χ1v) is 3.27. The smallest absolute Gasteiger partial charge is 0.385 e. The molecule has 0 unspecified atom stereocenters. The van der Waals surface area contributed by atoms with Crippen molar-refractivity contribution in [3.63, 3.8) is 0 Å². The first kappa shape index (κ1) is 12.6. The first-order valence-electron chi connectivity index (χ1n) is 3.27. The number of ether oxygens (including phenoxy) is 1. The Morgan fingerprint density at radius 3 is 2.07 bits per heavy atom. The van der Waals surface area contributed by atoms with Crippen LogP contribution in [0.3, 0.4) is 0 Å². The molecule has 0 heterocycles. The van der Waals surface area contributed by atoms with E-state index in [1.165, 1.54) is 0 Å². The molecule has 0 aliphatic carbocycles. The Hall–Kier alpha value is -1.40. The lowest BCUT2D eigenvalue weighted by Gasteiger charge is -2.12. The van der Waals surface area contributed by atoms with Gasteiger partial charge >= 0.3 is 24.3 Å². The van der Waals surface area contributed by atoms with Crippen LogP contribution in [0.2, 0.25) is 0 Å². The fraction of sp³-hybridized carbons (Fsp3) is 0.429. The fourth-order valence-electron chi connectivity index (χ4n) is 0.328.